The molecule has 110 valence electrons. The molecule has 2 rings (SSSR count). The van der Waals surface area contributed by atoms with Crippen LogP contribution in [0.3, 0.4) is 0 Å². The van der Waals surface area contributed by atoms with E-state index in [0.29, 0.717) is 43.6 Å². The lowest BCUT2D eigenvalue weighted by atomic mass is 10.1. The zero-order valence-corrected chi connectivity index (χ0v) is 12.8. The van der Waals surface area contributed by atoms with Crippen molar-refractivity contribution in [1.29, 1.82) is 0 Å². The molecule has 20 heavy (non-hydrogen) atoms. The van der Waals surface area contributed by atoms with Gasteiger partial charge in [-0.3, -0.25) is 0 Å². The molecule has 0 bridgehead atoms. The van der Waals surface area contributed by atoms with Crippen molar-refractivity contribution in [1.82, 2.24) is 4.90 Å². The Morgan fingerprint density at radius 3 is 2.45 bits per heavy atom. The molecule has 1 aromatic rings. The Bertz CT molecular complexity index is 578. The highest BCUT2D eigenvalue weighted by Gasteiger charge is 2.17. The van der Waals surface area contributed by atoms with Crippen molar-refractivity contribution in [2.75, 3.05) is 32.6 Å². The summed E-state index contributed by atoms with van der Waals surface area (Å²) in [5.41, 5.74) is 0.975. The number of ether oxygens (including phenoxy) is 1. The van der Waals surface area contributed by atoms with Crippen LogP contribution in [0.25, 0.3) is 0 Å². The molecule has 0 atom stereocenters. The number of amidine groups is 1. The first-order chi connectivity index (χ1) is 9.44. The van der Waals surface area contributed by atoms with Crippen LogP contribution in [0.1, 0.15) is 5.56 Å². The SMILES string of the molecule is CS(=O)(=O)/N=C(/Cc1ccc(Cl)cc1)N1CCOCC1. The third kappa shape index (κ3) is 4.77. The van der Waals surface area contributed by atoms with Gasteiger partial charge < -0.3 is 9.64 Å². The van der Waals surface area contributed by atoms with Crippen molar-refractivity contribution in [2.45, 2.75) is 6.42 Å². The molecule has 7 heteroatoms. The maximum Gasteiger partial charge on any atom is 0.251 e. The van der Waals surface area contributed by atoms with Gasteiger partial charge in [0.15, 0.2) is 0 Å². The molecule has 1 aliphatic rings. The molecule has 0 saturated carbocycles. The lowest BCUT2D eigenvalue weighted by Crippen LogP contribution is -2.42. The zero-order chi connectivity index (χ0) is 14.6. The first-order valence-electron chi connectivity index (χ1n) is 6.30. The number of nitrogens with zero attached hydrogens (tertiary/aromatic N) is 2. The van der Waals surface area contributed by atoms with Gasteiger partial charge in [-0.2, -0.15) is 4.40 Å². The normalized spacial score (nSPS) is 17.3. The molecule has 1 fully saturated rings. The Kier molecular flexibility index (Phi) is 5.01. The quantitative estimate of drug-likeness (QED) is 0.627. The molecule has 0 aliphatic carbocycles. The van der Waals surface area contributed by atoms with Gasteiger partial charge in [0.25, 0.3) is 10.0 Å². The average molecular weight is 317 g/mol. The topological polar surface area (TPSA) is 59.0 Å². The Morgan fingerprint density at radius 1 is 1.30 bits per heavy atom. The third-order valence-electron chi connectivity index (χ3n) is 2.92. The highest BCUT2D eigenvalue weighted by Crippen LogP contribution is 2.12. The number of rotatable bonds is 3. The van der Waals surface area contributed by atoms with Gasteiger partial charge in [-0.15, -0.1) is 0 Å². The molecular weight excluding hydrogens is 300 g/mol. The van der Waals surface area contributed by atoms with E-state index in [4.69, 9.17) is 16.3 Å². The van der Waals surface area contributed by atoms with Crippen molar-refractivity contribution in [3.05, 3.63) is 34.9 Å². The van der Waals surface area contributed by atoms with Crippen LogP contribution in [0.15, 0.2) is 28.7 Å². The summed E-state index contributed by atoms with van der Waals surface area (Å²) >= 11 is 5.85. The van der Waals surface area contributed by atoms with Gasteiger partial charge in [-0.05, 0) is 17.7 Å². The summed E-state index contributed by atoms with van der Waals surface area (Å²) < 4.78 is 32.1. The fraction of sp³-hybridized carbons (Fsp3) is 0.462. The summed E-state index contributed by atoms with van der Waals surface area (Å²) in [6, 6.07) is 7.32. The van der Waals surface area contributed by atoms with E-state index in [2.05, 4.69) is 4.40 Å². The Hall–Kier alpha value is -1.11. The van der Waals surface area contributed by atoms with Crippen molar-refractivity contribution < 1.29 is 13.2 Å². The molecule has 1 heterocycles. The maximum absolute atomic E-state index is 11.5. The molecule has 0 amide bonds. The van der Waals surface area contributed by atoms with E-state index in [9.17, 15) is 8.42 Å². The standard InChI is InChI=1S/C13H17ClN2O3S/c1-20(17,18)15-13(16-6-8-19-9-7-16)10-11-2-4-12(14)5-3-11/h2-5H,6-10H2,1H3/b15-13-. The van der Waals surface area contributed by atoms with Crippen LogP contribution < -0.4 is 0 Å². The third-order valence-corrected chi connectivity index (χ3v) is 3.72. The minimum Gasteiger partial charge on any atom is -0.378 e. The molecule has 5 nitrogen and oxygen atoms in total. The minimum atomic E-state index is -3.42. The van der Waals surface area contributed by atoms with Crippen LogP contribution in [-0.2, 0) is 21.2 Å². The van der Waals surface area contributed by atoms with Gasteiger partial charge in [0.1, 0.15) is 5.84 Å². The number of hydrogen-bond acceptors (Lipinski definition) is 3. The first-order valence-corrected chi connectivity index (χ1v) is 8.52. The second kappa shape index (κ2) is 6.56. The molecular formula is C13H17ClN2O3S. The van der Waals surface area contributed by atoms with Gasteiger partial charge in [-0.1, -0.05) is 23.7 Å². The predicted octanol–water partition coefficient (Wildman–Crippen LogP) is 1.57. The second-order valence-electron chi connectivity index (χ2n) is 4.64. The van der Waals surface area contributed by atoms with E-state index in [-0.39, 0.29) is 0 Å². The monoisotopic (exact) mass is 316 g/mol. The summed E-state index contributed by atoms with van der Waals surface area (Å²) in [6.45, 7) is 2.48. The summed E-state index contributed by atoms with van der Waals surface area (Å²) in [5, 5.41) is 0.654. The van der Waals surface area contributed by atoms with Gasteiger partial charge in [0.05, 0.1) is 19.5 Å². The largest absolute Gasteiger partial charge is 0.378 e. The van der Waals surface area contributed by atoms with Crippen molar-refractivity contribution in [2.24, 2.45) is 4.40 Å². The van der Waals surface area contributed by atoms with Crippen LogP contribution in [0, 0.1) is 0 Å². The van der Waals surface area contributed by atoms with E-state index >= 15 is 0 Å². The van der Waals surface area contributed by atoms with Crippen molar-refractivity contribution >= 4 is 27.5 Å². The Labute approximate surface area is 124 Å². The van der Waals surface area contributed by atoms with Crippen molar-refractivity contribution in [3.8, 4) is 0 Å². The summed E-state index contributed by atoms with van der Waals surface area (Å²) in [4.78, 5) is 1.96. The van der Waals surface area contributed by atoms with Crippen molar-refractivity contribution in [3.63, 3.8) is 0 Å². The molecule has 1 aromatic carbocycles. The van der Waals surface area contributed by atoms with E-state index in [0.717, 1.165) is 11.8 Å². The van der Waals surface area contributed by atoms with Gasteiger partial charge in [0.2, 0.25) is 0 Å². The van der Waals surface area contributed by atoms with Crippen LogP contribution in [-0.4, -0.2) is 51.7 Å². The van der Waals surface area contributed by atoms with E-state index < -0.39 is 10.0 Å². The van der Waals surface area contributed by atoms with Crippen LogP contribution in [0.5, 0.6) is 0 Å². The van der Waals surface area contributed by atoms with E-state index in [1.165, 1.54) is 0 Å². The molecule has 0 unspecified atom stereocenters. The van der Waals surface area contributed by atoms with Crippen LogP contribution in [0.4, 0.5) is 0 Å². The molecule has 1 aliphatic heterocycles. The Balaban J connectivity index is 2.22. The first kappa shape index (κ1) is 15.3. The molecule has 1 saturated heterocycles. The highest BCUT2D eigenvalue weighted by atomic mass is 35.5. The second-order valence-corrected chi connectivity index (χ2v) is 6.73. The predicted molar refractivity (Wildman–Crippen MR) is 79.8 cm³/mol. The minimum absolute atomic E-state index is 0.463. The fourth-order valence-corrected chi connectivity index (χ4v) is 2.69. The highest BCUT2D eigenvalue weighted by molar-refractivity contribution is 7.89. The smallest absolute Gasteiger partial charge is 0.251 e. The van der Waals surface area contributed by atoms with Crippen LogP contribution in [0.2, 0.25) is 5.02 Å². The number of hydrogen-bond donors (Lipinski definition) is 0. The van der Waals surface area contributed by atoms with E-state index in [1.807, 2.05) is 17.0 Å². The number of halogens is 1. The van der Waals surface area contributed by atoms with Gasteiger partial charge >= 0.3 is 0 Å². The zero-order valence-electron chi connectivity index (χ0n) is 11.3. The Morgan fingerprint density at radius 2 is 1.90 bits per heavy atom. The molecule has 0 N–H and O–H groups in total. The number of morpholine rings is 1. The molecule has 0 radical (unpaired) electrons. The maximum atomic E-state index is 11.5. The van der Waals surface area contributed by atoms with Crippen LogP contribution >= 0.6 is 11.6 Å². The lowest BCUT2D eigenvalue weighted by molar-refractivity contribution is 0.0675. The van der Waals surface area contributed by atoms with E-state index in [1.54, 1.807) is 12.1 Å². The number of sulfonamides is 1. The fourth-order valence-electron chi connectivity index (χ4n) is 2.00. The van der Waals surface area contributed by atoms with Gasteiger partial charge in [0, 0.05) is 24.5 Å². The molecule has 0 spiro atoms. The summed E-state index contributed by atoms with van der Waals surface area (Å²) in [5.74, 6) is 0.554. The number of benzene rings is 1. The summed E-state index contributed by atoms with van der Waals surface area (Å²) in [7, 11) is -3.42. The molecule has 0 aromatic heterocycles. The lowest BCUT2D eigenvalue weighted by Gasteiger charge is -2.29. The van der Waals surface area contributed by atoms with Gasteiger partial charge in [-0.25, -0.2) is 8.42 Å². The summed E-state index contributed by atoms with van der Waals surface area (Å²) in [6.07, 6.45) is 1.57. The average Bonchev–Trinajstić information content (AvgIpc) is 2.40.